The van der Waals surface area contributed by atoms with Crippen LogP contribution in [0.25, 0.3) is 0 Å². The van der Waals surface area contributed by atoms with E-state index in [0.717, 1.165) is 55.2 Å². The molecule has 4 aromatic rings. The fourth-order valence-electron chi connectivity index (χ4n) is 4.69. The van der Waals surface area contributed by atoms with Gasteiger partial charge in [0.1, 0.15) is 5.69 Å². The zero-order chi connectivity index (χ0) is 24.7. The van der Waals surface area contributed by atoms with E-state index < -0.39 is 0 Å². The molecule has 1 aliphatic rings. The predicted octanol–water partition coefficient (Wildman–Crippen LogP) is 5.51. The molecule has 0 radical (unpaired) electrons. The highest BCUT2D eigenvalue weighted by atomic mass is 16.6. The minimum atomic E-state index is -0.316. The van der Waals surface area contributed by atoms with Crippen molar-refractivity contribution in [3.05, 3.63) is 130 Å². The summed E-state index contributed by atoms with van der Waals surface area (Å²) in [6, 6.07) is 31.3. The lowest BCUT2D eigenvalue weighted by atomic mass is 9.98. The van der Waals surface area contributed by atoms with Crippen LogP contribution in [0.2, 0.25) is 0 Å². The van der Waals surface area contributed by atoms with E-state index >= 15 is 0 Å². The topological polar surface area (TPSA) is 74.5 Å². The number of nitro groups is 1. The van der Waals surface area contributed by atoms with Crippen LogP contribution in [0.3, 0.4) is 0 Å². The summed E-state index contributed by atoms with van der Waals surface area (Å²) in [5, 5.41) is 15.4. The number of nitrogens with one attached hydrogen (secondary N) is 1. The van der Waals surface area contributed by atoms with Crippen LogP contribution in [0, 0.1) is 10.1 Å². The number of hydrogen-bond donors (Lipinski definition) is 1. The molecular formula is C29H29N5O2. The Bertz CT molecular complexity index is 1240. The van der Waals surface area contributed by atoms with Gasteiger partial charge in [-0.3, -0.25) is 20.0 Å². The molecule has 3 aromatic carbocycles. The Kier molecular flexibility index (Phi) is 7.19. The number of benzene rings is 3. The molecular weight excluding hydrogens is 450 g/mol. The minimum Gasteiger partial charge on any atom is -0.369 e. The Morgan fingerprint density at radius 3 is 2.06 bits per heavy atom. The zero-order valence-electron chi connectivity index (χ0n) is 20.0. The lowest BCUT2D eigenvalue weighted by molar-refractivity contribution is -0.384. The maximum absolute atomic E-state index is 11.9. The van der Waals surface area contributed by atoms with Gasteiger partial charge in [0.25, 0.3) is 5.69 Å². The van der Waals surface area contributed by atoms with E-state index in [4.69, 9.17) is 0 Å². The molecule has 0 unspecified atom stereocenters. The molecule has 182 valence electrons. The molecule has 0 amide bonds. The highest BCUT2D eigenvalue weighted by molar-refractivity contribution is 5.70. The van der Waals surface area contributed by atoms with Crippen LogP contribution in [0.1, 0.15) is 22.9 Å². The highest BCUT2D eigenvalue weighted by Gasteiger charge is 2.23. The Morgan fingerprint density at radius 1 is 0.833 bits per heavy atom. The molecule has 1 N–H and O–H groups in total. The number of piperazine rings is 1. The largest absolute Gasteiger partial charge is 0.369 e. The molecule has 36 heavy (non-hydrogen) atoms. The third-order valence-electron chi connectivity index (χ3n) is 6.59. The van der Waals surface area contributed by atoms with Gasteiger partial charge in [0.05, 0.1) is 16.7 Å². The molecule has 0 spiro atoms. The van der Waals surface area contributed by atoms with Gasteiger partial charge in [0.15, 0.2) is 0 Å². The molecule has 0 aliphatic carbocycles. The van der Waals surface area contributed by atoms with Crippen molar-refractivity contribution in [1.29, 1.82) is 0 Å². The van der Waals surface area contributed by atoms with E-state index in [-0.39, 0.29) is 16.7 Å². The second-order valence-electron chi connectivity index (χ2n) is 8.94. The molecule has 0 atom stereocenters. The summed E-state index contributed by atoms with van der Waals surface area (Å²) in [5.74, 6) is 0. The summed E-state index contributed by atoms with van der Waals surface area (Å²) in [5.41, 5.74) is 4.75. The van der Waals surface area contributed by atoms with Crippen molar-refractivity contribution in [1.82, 2.24) is 9.88 Å². The first-order valence-electron chi connectivity index (χ1n) is 12.2. The van der Waals surface area contributed by atoms with Crippen molar-refractivity contribution in [3.8, 4) is 0 Å². The zero-order valence-corrected chi connectivity index (χ0v) is 20.0. The molecule has 0 saturated carbocycles. The van der Waals surface area contributed by atoms with Crippen molar-refractivity contribution in [2.45, 2.75) is 12.6 Å². The van der Waals surface area contributed by atoms with Gasteiger partial charge in [-0.2, -0.15) is 0 Å². The Hall–Kier alpha value is -4.23. The molecule has 1 saturated heterocycles. The van der Waals surface area contributed by atoms with Crippen molar-refractivity contribution < 1.29 is 4.92 Å². The molecule has 1 aliphatic heterocycles. The van der Waals surface area contributed by atoms with Gasteiger partial charge in [-0.25, -0.2) is 0 Å². The van der Waals surface area contributed by atoms with Crippen LogP contribution in [-0.2, 0) is 6.54 Å². The lowest BCUT2D eigenvalue weighted by Gasteiger charge is -2.36. The number of nitrogens with zero attached hydrogens (tertiary/aromatic N) is 4. The van der Waals surface area contributed by atoms with Crippen molar-refractivity contribution >= 4 is 17.1 Å². The third-order valence-corrected chi connectivity index (χ3v) is 6.59. The van der Waals surface area contributed by atoms with E-state index in [2.05, 4.69) is 26.2 Å². The Labute approximate surface area is 211 Å². The standard InChI is InChI=1S/C29H29N5O2/c35-34(36)28-15-14-26(33-19-17-32(18-20-33)22-25-13-7-8-16-30-25)21-27(28)31-29(23-9-3-1-4-10-23)24-11-5-2-6-12-24/h1-16,21,29,31H,17-20,22H2. The van der Waals surface area contributed by atoms with E-state index in [1.54, 1.807) is 6.07 Å². The maximum atomic E-state index is 11.9. The van der Waals surface area contributed by atoms with Gasteiger partial charge >= 0.3 is 0 Å². The smallest absolute Gasteiger partial charge is 0.292 e. The maximum Gasteiger partial charge on any atom is 0.292 e. The van der Waals surface area contributed by atoms with E-state index in [9.17, 15) is 10.1 Å². The lowest BCUT2D eigenvalue weighted by Crippen LogP contribution is -2.46. The second-order valence-corrected chi connectivity index (χ2v) is 8.94. The molecule has 2 heterocycles. The van der Waals surface area contributed by atoms with Gasteiger partial charge in [-0.1, -0.05) is 66.7 Å². The first-order valence-corrected chi connectivity index (χ1v) is 12.2. The van der Waals surface area contributed by atoms with Crippen molar-refractivity contribution in [2.75, 3.05) is 36.4 Å². The monoisotopic (exact) mass is 479 g/mol. The normalized spacial score (nSPS) is 14.1. The number of rotatable bonds is 8. The fraction of sp³-hybridized carbons (Fsp3) is 0.207. The van der Waals surface area contributed by atoms with Gasteiger partial charge < -0.3 is 10.2 Å². The number of aromatic nitrogens is 1. The van der Waals surface area contributed by atoms with Crippen LogP contribution >= 0.6 is 0 Å². The Morgan fingerprint density at radius 2 is 1.47 bits per heavy atom. The summed E-state index contributed by atoms with van der Waals surface area (Å²) in [7, 11) is 0. The van der Waals surface area contributed by atoms with Crippen LogP contribution < -0.4 is 10.2 Å². The summed E-state index contributed by atoms with van der Waals surface area (Å²) in [6.07, 6.45) is 1.83. The first kappa shape index (κ1) is 23.5. The average molecular weight is 480 g/mol. The van der Waals surface area contributed by atoms with Crippen molar-refractivity contribution in [3.63, 3.8) is 0 Å². The number of pyridine rings is 1. The SMILES string of the molecule is O=[N+]([O-])c1ccc(N2CCN(Cc3ccccn3)CC2)cc1NC(c1ccccc1)c1ccccc1. The van der Waals surface area contributed by atoms with Gasteiger partial charge in [-0.05, 0) is 35.4 Å². The van der Waals surface area contributed by atoms with E-state index in [1.165, 1.54) is 0 Å². The van der Waals surface area contributed by atoms with E-state index in [1.807, 2.05) is 91.1 Å². The number of nitro benzene ring substituents is 1. The van der Waals surface area contributed by atoms with Crippen LogP contribution in [0.4, 0.5) is 17.1 Å². The Balaban J connectivity index is 1.37. The number of hydrogen-bond acceptors (Lipinski definition) is 6. The fourth-order valence-corrected chi connectivity index (χ4v) is 4.69. The molecule has 1 fully saturated rings. The van der Waals surface area contributed by atoms with Crippen LogP contribution in [0.5, 0.6) is 0 Å². The third kappa shape index (κ3) is 5.53. The summed E-state index contributed by atoms with van der Waals surface area (Å²) < 4.78 is 0. The van der Waals surface area contributed by atoms with Crippen LogP contribution in [-0.4, -0.2) is 41.0 Å². The molecule has 7 nitrogen and oxygen atoms in total. The highest BCUT2D eigenvalue weighted by Crippen LogP contribution is 2.35. The molecule has 0 bridgehead atoms. The summed E-state index contributed by atoms with van der Waals surface area (Å²) in [4.78, 5) is 20.7. The van der Waals surface area contributed by atoms with Gasteiger partial charge in [0.2, 0.25) is 0 Å². The number of anilines is 2. The molecule has 1 aromatic heterocycles. The van der Waals surface area contributed by atoms with Crippen molar-refractivity contribution in [2.24, 2.45) is 0 Å². The summed E-state index contributed by atoms with van der Waals surface area (Å²) >= 11 is 0. The molecule has 5 rings (SSSR count). The minimum absolute atomic E-state index is 0.0735. The average Bonchev–Trinajstić information content (AvgIpc) is 2.93. The predicted molar refractivity (Wildman–Crippen MR) is 143 cm³/mol. The molecule has 7 heteroatoms. The van der Waals surface area contributed by atoms with Gasteiger partial charge in [-0.15, -0.1) is 0 Å². The van der Waals surface area contributed by atoms with Gasteiger partial charge in [0, 0.05) is 50.7 Å². The van der Waals surface area contributed by atoms with E-state index in [0.29, 0.717) is 5.69 Å². The quantitative estimate of drug-likeness (QED) is 0.265. The first-order chi connectivity index (χ1) is 17.7. The summed E-state index contributed by atoms with van der Waals surface area (Å²) in [6.45, 7) is 4.35. The second kappa shape index (κ2) is 11.0. The van der Waals surface area contributed by atoms with Crippen LogP contribution in [0.15, 0.2) is 103 Å².